The van der Waals surface area contributed by atoms with E-state index in [1.165, 1.54) is 23.1 Å². The Labute approximate surface area is 100 Å². The topological polar surface area (TPSA) is 52.6 Å². The number of nitrogens with zero attached hydrogens (tertiary/aromatic N) is 1. The second kappa shape index (κ2) is 6.20. The van der Waals surface area contributed by atoms with Gasteiger partial charge in [-0.1, -0.05) is 0 Å². The van der Waals surface area contributed by atoms with Gasteiger partial charge in [-0.25, -0.2) is 9.18 Å². The second-order valence-corrected chi connectivity index (χ2v) is 3.69. The van der Waals surface area contributed by atoms with E-state index in [1.54, 1.807) is 6.92 Å². The Morgan fingerprint density at radius 1 is 1.53 bits per heavy atom. The first-order chi connectivity index (χ1) is 8.08. The third kappa shape index (κ3) is 3.71. The molecular weight excluding hydrogens is 223 g/mol. The zero-order valence-corrected chi connectivity index (χ0v) is 10.0. The minimum atomic E-state index is -0.330. The van der Waals surface area contributed by atoms with Crippen LogP contribution in [0.1, 0.15) is 12.5 Å². The Morgan fingerprint density at radius 3 is 2.76 bits per heavy atom. The Morgan fingerprint density at radius 2 is 2.24 bits per heavy atom. The Hall–Kier alpha value is -1.62. The van der Waals surface area contributed by atoms with Crippen molar-refractivity contribution in [2.45, 2.75) is 13.8 Å². The number of anilines is 1. The van der Waals surface area contributed by atoms with Gasteiger partial charge in [0.15, 0.2) is 0 Å². The SMILES string of the molecule is CCN(CCO)C(=O)Nc1ccc(F)cc1C. The summed E-state index contributed by atoms with van der Waals surface area (Å²) in [5, 5.41) is 11.5. The number of hydrogen-bond donors (Lipinski definition) is 2. The molecule has 1 aromatic rings. The first-order valence-corrected chi connectivity index (χ1v) is 5.51. The van der Waals surface area contributed by atoms with Crippen molar-refractivity contribution in [2.24, 2.45) is 0 Å². The van der Waals surface area contributed by atoms with Crippen molar-refractivity contribution in [3.63, 3.8) is 0 Å². The number of aliphatic hydroxyl groups is 1. The molecule has 0 unspecified atom stereocenters. The lowest BCUT2D eigenvalue weighted by Gasteiger charge is -2.20. The lowest BCUT2D eigenvalue weighted by atomic mass is 10.2. The summed E-state index contributed by atoms with van der Waals surface area (Å²) in [5.41, 5.74) is 1.24. The molecule has 94 valence electrons. The third-order valence-corrected chi connectivity index (χ3v) is 2.47. The zero-order chi connectivity index (χ0) is 12.8. The van der Waals surface area contributed by atoms with E-state index >= 15 is 0 Å². The number of benzene rings is 1. The number of nitrogens with one attached hydrogen (secondary N) is 1. The largest absolute Gasteiger partial charge is 0.395 e. The molecule has 5 heteroatoms. The van der Waals surface area contributed by atoms with E-state index in [-0.39, 0.29) is 25.0 Å². The quantitative estimate of drug-likeness (QED) is 0.845. The van der Waals surface area contributed by atoms with Gasteiger partial charge in [-0.3, -0.25) is 0 Å². The molecule has 1 rings (SSSR count). The Balaban J connectivity index is 2.73. The monoisotopic (exact) mass is 240 g/mol. The summed E-state index contributed by atoms with van der Waals surface area (Å²) < 4.78 is 12.9. The maximum atomic E-state index is 12.9. The molecule has 0 saturated carbocycles. The molecule has 0 aliphatic heterocycles. The number of rotatable bonds is 4. The van der Waals surface area contributed by atoms with Gasteiger partial charge in [0.25, 0.3) is 0 Å². The molecule has 0 radical (unpaired) electrons. The average Bonchev–Trinajstić information content (AvgIpc) is 2.29. The van der Waals surface area contributed by atoms with E-state index in [9.17, 15) is 9.18 Å². The number of amides is 2. The maximum Gasteiger partial charge on any atom is 0.321 e. The number of aryl methyl sites for hydroxylation is 1. The fourth-order valence-corrected chi connectivity index (χ4v) is 1.49. The summed E-state index contributed by atoms with van der Waals surface area (Å²) in [6.07, 6.45) is 0. The molecular formula is C12H17FN2O2. The third-order valence-electron chi connectivity index (χ3n) is 2.47. The molecule has 0 aliphatic carbocycles. The van der Waals surface area contributed by atoms with Crippen LogP contribution in [0.4, 0.5) is 14.9 Å². The van der Waals surface area contributed by atoms with Crippen LogP contribution in [-0.4, -0.2) is 35.7 Å². The first-order valence-electron chi connectivity index (χ1n) is 5.51. The maximum absolute atomic E-state index is 12.9. The van der Waals surface area contributed by atoms with E-state index in [1.807, 2.05) is 6.92 Å². The van der Waals surface area contributed by atoms with Gasteiger partial charge >= 0.3 is 6.03 Å². The summed E-state index contributed by atoms with van der Waals surface area (Å²) in [4.78, 5) is 13.3. The fourth-order valence-electron chi connectivity index (χ4n) is 1.49. The summed E-state index contributed by atoms with van der Waals surface area (Å²) in [5.74, 6) is -0.330. The van der Waals surface area contributed by atoms with Gasteiger partial charge in [-0.2, -0.15) is 0 Å². The average molecular weight is 240 g/mol. The number of carbonyl (C=O) groups excluding carboxylic acids is 1. The molecule has 0 spiro atoms. The van der Waals surface area contributed by atoms with Crippen LogP contribution in [0, 0.1) is 12.7 Å². The van der Waals surface area contributed by atoms with Crippen LogP contribution in [0.3, 0.4) is 0 Å². The van der Waals surface area contributed by atoms with E-state index < -0.39 is 0 Å². The molecule has 0 atom stereocenters. The van der Waals surface area contributed by atoms with Crippen molar-refractivity contribution >= 4 is 11.7 Å². The molecule has 0 bridgehead atoms. The molecule has 17 heavy (non-hydrogen) atoms. The Kier molecular flexibility index (Phi) is 4.90. The summed E-state index contributed by atoms with van der Waals surface area (Å²) >= 11 is 0. The smallest absolute Gasteiger partial charge is 0.321 e. The minimum absolute atomic E-state index is 0.0797. The molecule has 0 saturated heterocycles. The van der Waals surface area contributed by atoms with Crippen LogP contribution in [0.25, 0.3) is 0 Å². The molecule has 2 amide bonds. The van der Waals surface area contributed by atoms with Gasteiger partial charge in [-0.15, -0.1) is 0 Å². The first kappa shape index (κ1) is 13.4. The van der Waals surface area contributed by atoms with Crippen molar-refractivity contribution in [3.8, 4) is 0 Å². The van der Waals surface area contributed by atoms with Crippen LogP contribution >= 0.6 is 0 Å². The number of halogens is 1. The highest BCUT2D eigenvalue weighted by molar-refractivity contribution is 5.90. The van der Waals surface area contributed by atoms with Crippen molar-refractivity contribution in [2.75, 3.05) is 25.0 Å². The van der Waals surface area contributed by atoms with E-state index in [4.69, 9.17) is 5.11 Å². The number of urea groups is 1. The number of hydrogen-bond acceptors (Lipinski definition) is 2. The molecule has 0 fully saturated rings. The second-order valence-electron chi connectivity index (χ2n) is 3.69. The van der Waals surface area contributed by atoms with Gasteiger partial charge in [0.1, 0.15) is 5.82 Å². The Bertz CT molecular complexity index is 396. The van der Waals surface area contributed by atoms with Crippen LogP contribution in [0.15, 0.2) is 18.2 Å². The van der Waals surface area contributed by atoms with Crippen molar-refractivity contribution in [1.29, 1.82) is 0 Å². The van der Waals surface area contributed by atoms with Gasteiger partial charge in [0, 0.05) is 18.8 Å². The minimum Gasteiger partial charge on any atom is -0.395 e. The van der Waals surface area contributed by atoms with Crippen molar-refractivity contribution < 1.29 is 14.3 Å². The lowest BCUT2D eigenvalue weighted by Crippen LogP contribution is -2.36. The molecule has 0 aliphatic rings. The van der Waals surface area contributed by atoms with E-state index in [0.29, 0.717) is 17.8 Å². The standard InChI is InChI=1S/C12H17FN2O2/c1-3-15(6-7-16)12(17)14-11-5-4-10(13)8-9(11)2/h4-5,8,16H,3,6-7H2,1-2H3,(H,14,17). The fraction of sp³-hybridized carbons (Fsp3) is 0.417. The van der Waals surface area contributed by atoms with Crippen LogP contribution in [0.2, 0.25) is 0 Å². The van der Waals surface area contributed by atoms with Crippen molar-refractivity contribution in [1.82, 2.24) is 4.90 Å². The van der Waals surface area contributed by atoms with E-state index in [0.717, 1.165) is 0 Å². The van der Waals surface area contributed by atoms with Gasteiger partial charge in [0.05, 0.1) is 6.61 Å². The summed E-state index contributed by atoms with van der Waals surface area (Å²) in [6.45, 7) is 4.26. The number of aliphatic hydroxyl groups excluding tert-OH is 1. The predicted molar refractivity (Wildman–Crippen MR) is 64.5 cm³/mol. The normalized spacial score (nSPS) is 10.1. The molecule has 2 N–H and O–H groups in total. The number of carbonyl (C=O) groups is 1. The van der Waals surface area contributed by atoms with Crippen LogP contribution in [0.5, 0.6) is 0 Å². The van der Waals surface area contributed by atoms with Gasteiger partial charge in [-0.05, 0) is 37.6 Å². The van der Waals surface area contributed by atoms with Crippen LogP contribution < -0.4 is 5.32 Å². The van der Waals surface area contributed by atoms with Gasteiger partial charge in [0.2, 0.25) is 0 Å². The molecule has 1 aromatic carbocycles. The van der Waals surface area contributed by atoms with Crippen LogP contribution in [-0.2, 0) is 0 Å². The van der Waals surface area contributed by atoms with Gasteiger partial charge < -0.3 is 15.3 Å². The zero-order valence-electron chi connectivity index (χ0n) is 10.0. The molecule has 0 aromatic heterocycles. The predicted octanol–water partition coefficient (Wildman–Crippen LogP) is 1.98. The van der Waals surface area contributed by atoms with Crippen molar-refractivity contribution in [3.05, 3.63) is 29.6 Å². The summed E-state index contributed by atoms with van der Waals surface area (Å²) in [7, 11) is 0. The highest BCUT2D eigenvalue weighted by Gasteiger charge is 2.11. The van der Waals surface area contributed by atoms with E-state index in [2.05, 4.69) is 5.32 Å². The summed E-state index contributed by atoms with van der Waals surface area (Å²) in [6, 6.07) is 3.88. The highest BCUT2D eigenvalue weighted by Crippen LogP contribution is 2.16. The molecule has 0 heterocycles. The highest BCUT2D eigenvalue weighted by atomic mass is 19.1. The lowest BCUT2D eigenvalue weighted by molar-refractivity contribution is 0.192. The molecule has 4 nitrogen and oxygen atoms in total. The number of likely N-dealkylation sites (N-methyl/N-ethyl adjacent to an activating group) is 1.